The number of nitrogens with zero attached hydrogens (tertiary/aromatic N) is 1. The normalized spacial score (nSPS) is 13.0. The second-order valence-corrected chi connectivity index (χ2v) is 7.20. The smallest absolute Gasteiger partial charge is 0.251 e. The monoisotopic (exact) mass is 538 g/mol. The van der Waals surface area contributed by atoms with Gasteiger partial charge in [0, 0.05) is 37.8 Å². The standard InChI is InChI=1S/C23H30N4O3.HI/c1-24-23(26-13-12-25-22(28)18-7-5-8-20(14-18)29-2)27-15-19-6-3-4-9-21(19)30-16-17-10-11-17;/h3-9,14,17H,10-13,15-16H2,1-2H3,(H,25,28)(H2,24,26,27);1H. The first-order valence-electron chi connectivity index (χ1n) is 10.3. The fourth-order valence-electron chi connectivity index (χ4n) is 2.91. The number of methoxy groups -OCH3 is 1. The highest BCUT2D eigenvalue weighted by Crippen LogP contribution is 2.30. The first kappa shape index (κ1) is 24.8. The van der Waals surface area contributed by atoms with Gasteiger partial charge in [-0.2, -0.15) is 0 Å². The highest BCUT2D eigenvalue weighted by Gasteiger charge is 2.22. The number of amides is 1. The van der Waals surface area contributed by atoms with Gasteiger partial charge in [0.05, 0.1) is 13.7 Å². The maximum absolute atomic E-state index is 12.2. The van der Waals surface area contributed by atoms with Crippen LogP contribution in [0.5, 0.6) is 11.5 Å². The van der Waals surface area contributed by atoms with E-state index >= 15 is 0 Å². The van der Waals surface area contributed by atoms with Crippen LogP contribution in [0, 0.1) is 5.92 Å². The van der Waals surface area contributed by atoms with E-state index in [2.05, 4.69) is 27.0 Å². The Labute approximate surface area is 201 Å². The van der Waals surface area contributed by atoms with Gasteiger partial charge in [-0.3, -0.25) is 9.79 Å². The van der Waals surface area contributed by atoms with Crippen molar-refractivity contribution in [3.8, 4) is 11.5 Å². The Hall–Kier alpha value is -2.49. The van der Waals surface area contributed by atoms with Crippen molar-refractivity contribution in [1.82, 2.24) is 16.0 Å². The maximum Gasteiger partial charge on any atom is 0.251 e. The molecule has 1 aliphatic rings. The Morgan fingerprint density at radius 2 is 1.84 bits per heavy atom. The minimum absolute atomic E-state index is 0. The Bertz CT molecular complexity index is 871. The predicted molar refractivity (Wildman–Crippen MR) is 134 cm³/mol. The van der Waals surface area contributed by atoms with Crippen LogP contribution >= 0.6 is 24.0 Å². The molecular weight excluding hydrogens is 507 g/mol. The first-order valence-corrected chi connectivity index (χ1v) is 10.3. The first-order chi connectivity index (χ1) is 14.7. The van der Waals surface area contributed by atoms with E-state index in [4.69, 9.17) is 9.47 Å². The van der Waals surface area contributed by atoms with Gasteiger partial charge < -0.3 is 25.4 Å². The largest absolute Gasteiger partial charge is 0.497 e. The molecule has 0 spiro atoms. The second kappa shape index (κ2) is 13.0. The number of ether oxygens (including phenoxy) is 2. The van der Waals surface area contributed by atoms with Crippen molar-refractivity contribution >= 4 is 35.8 Å². The zero-order valence-corrected chi connectivity index (χ0v) is 20.3. The highest BCUT2D eigenvalue weighted by atomic mass is 127. The van der Waals surface area contributed by atoms with Gasteiger partial charge in [0.1, 0.15) is 11.5 Å². The topological polar surface area (TPSA) is 84.0 Å². The summed E-state index contributed by atoms with van der Waals surface area (Å²) >= 11 is 0. The third-order valence-electron chi connectivity index (χ3n) is 4.85. The molecule has 1 amide bonds. The lowest BCUT2D eigenvalue weighted by atomic mass is 10.2. The van der Waals surface area contributed by atoms with E-state index < -0.39 is 0 Å². The van der Waals surface area contributed by atoms with Crippen LogP contribution in [-0.2, 0) is 6.54 Å². The number of halogens is 1. The lowest BCUT2D eigenvalue weighted by Gasteiger charge is -2.15. The molecule has 8 heteroatoms. The molecule has 0 heterocycles. The van der Waals surface area contributed by atoms with Crippen molar-refractivity contribution in [1.29, 1.82) is 0 Å². The Balaban J connectivity index is 0.00000341. The zero-order chi connectivity index (χ0) is 21.2. The number of nitrogens with one attached hydrogen (secondary N) is 3. The zero-order valence-electron chi connectivity index (χ0n) is 18.0. The van der Waals surface area contributed by atoms with Crippen molar-refractivity contribution in [2.75, 3.05) is 33.9 Å². The number of carbonyl (C=O) groups excluding carboxylic acids is 1. The second-order valence-electron chi connectivity index (χ2n) is 7.20. The Morgan fingerprint density at radius 1 is 1.06 bits per heavy atom. The van der Waals surface area contributed by atoms with Gasteiger partial charge in [0.15, 0.2) is 5.96 Å². The number of hydrogen-bond donors (Lipinski definition) is 3. The Morgan fingerprint density at radius 3 is 2.58 bits per heavy atom. The van der Waals surface area contributed by atoms with Crippen molar-refractivity contribution in [2.45, 2.75) is 19.4 Å². The number of para-hydroxylation sites is 1. The molecule has 1 aliphatic carbocycles. The molecule has 0 atom stereocenters. The highest BCUT2D eigenvalue weighted by molar-refractivity contribution is 14.0. The van der Waals surface area contributed by atoms with E-state index in [9.17, 15) is 4.79 Å². The van der Waals surface area contributed by atoms with E-state index in [1.807, 2.05) is 24.3 Å². The van der Waals surface area contributed by atoms with Crippen LogP contribution in [0.3, 0.4) is 0 Å². The fraction of sp³-hybridized carbons (Fsp3) is 0.391. The van der Waals surface area contributed by atoms with Crippen LogP contribution in [-0.4, -0.2) is 45.7 Å². The SMILES string of the molecule is CN=C(NCCNC(=O)c1cccc(OC)c1)NCc1ccccc1OCC1CC1.I. The van der Waals surface area contributed by atoms with Crippen LogP contribution in [0.25, 0.3) is 0 Å². The number of benzene rings is 2. The van der Waals surface area contributed by atoms with Gasteiger partial charge in [0.2, 0.25) is 0 Å². The molecule has 1 fully saturated rings. The molecule has 168 valence electrons. The van der Waals surface area contributed by atoms with Gasteiger partial charge in [0.25, 0.3) is 5.91 Å². The number of hydrogen-bond acceptors (Lipinski definition) is 4. The summed E-state index contributed by atoms with van der Waals surface area (Å²) in [6.45, 7) is 2.42. The average molecular weight is 538 g/mol. The van der Waals surface area contributed by atoms with Crippen LogP contribution < -0.4 is 25.4 Å². The van der Waals surface area contributed by atoms with Gasteiger partial charge in [-0.15, -0.1) is 24.0 Å². The number of aliphatic imine (C=N–C) groups is 1. The van der Waals surface area contributed by atoms with E-state index in [0.717, 1.165) is 17.9 Å². The number of carbonyl (C=O) groups is 1. The summed E-state index contributed by atoms with van der Waals surface area (Å²) in [5, 5.41) is 9.39. The minimum Gasteiger partial charge on any atom is -0.497 e. The number of guanidine groups is 1. The van der Waals surface area contributed by atoms with E-state index in [1.165, 1.54) is 12.8 Å². The van der Waals surface area contributed by atoms with Crippen LogP contribution in [0.15, 0.2) is 53.5 Å². The summed E-state index contributed by atoms with van der Waals surface area (Å²) in [4.78, 5) is 16.5. The minimum atomic E-state index is -0.139. The molecule has 0 aromatic heterocycles. The fourth-order valence-corrected chi connectivity index (χ4v) is 2.91. The van der Waals surface area contributed by atoms with E-state index in [0.29, 0.717) is 42.8 Å². The van der Waals surface area contributed by atoms with Gasteiger partial charge in [-0.25, -0.2) is 0 Å². The van der Waals surface area contributed by atoms with Crippen LogP contribution in [0.1, 0.15) is 28.8 Å². The molecule has 3 rings (SSSR count). The Kier molecular flexibility index (Phi) is 10.4. The van der Waals surface area contributed by atoms with Crippen LogP contribution in [0.2, 0.25) is 0 Å². The molecule has 0 saturated heterocycles. The molecule has 1 saturated carbocycles. The summed E-state index contributed by atoms with van der Waals surface area (Å²) in [5.41, 5.74) is 1.66. The van der Waals surface area contributed by atoms with Gasteiger partial charge in [-0.05, 0) is 43.0 Å². The third-order valence-corrected chi connectivity index (χ3v) is 4.85. The van der Waals surface area contributed by atoms with Crippen molar-refractivity contribution in [3.63, 3.8) is 0 Å². The van der Waals surface area contributed by atoms with Crippen molar-refractivity contribution in [2.24, 2.45) is 10.9 Å². The molecular formula is C23H31IN4O3. The van der Waals surface area contributed by atoms with Crippen molar-refractivity contribution in [3.05, 3.63) is 59.7 Å². The maximum atomic E-state index is 12.2. The molecule has 0 radical (unpaired) electrons. The van der Waals surface area contributed by atoms with Gasteiger partial charge >= 0.3 is 0 Å². The van der Waals surface area contributed by atoms with E-state index in [1.54, 1.807) is 32.4 Å². The molecule has 7 nitrogen and oxygen atoms in total. The lowest BCUT2D eigenvalue weighted by Crippen LogP contribution is -2.41. The summed E-state index contributed by atoms with van der Waals surface area (Å²) in [5.74, 6) is 2.82. The summed E-state index contributed by atoms with van der Waals surface area (Å²) in [6, 6.07) is 15.1. The molecule has 3 N–H and O–H groups in total. The van der Waals surface area contributed by atoms with Crippen LogP contribution in [0.4, 0.5) is 0 Å². The average Bonchev–Trinajstić information content (AvgIpc) is 3.62. The molecule has 31 heavy (non-hydrogen) atoms. The van der Waals surface area contributed by atoms with Gasteiger partial charge in [-0.1, -0.05) is 24.3 Å². The number of rotatable bonds is 10. The van der Waals surface area contributed by atoms with Crippen molar-refractivity contribution < 1.29 is 14.3 Å². The molecule has 2 aromatic rings. The predicted octanol–water partition coefficient (Wildman–Crippen LogP) is 3.20. The molecule has 0 bridgehead atoms. The third kappa shape index (κ3) is 8.28. The molecule has 0 unspecified atom stereocenters. The lowest BCUT2D eigenvalue weighted by molar-refractivity contribution is 0.0954. The molecule has 2 aromatic carbocycles. The van der Waals surface area contributed by atoms with E-state index in [-0.39, 0.29) is 29.9 Å². The summed E-state index contributed by atoms with van der Waals surface area (Å²) < 4.78 is 11.1. The quantitative estimate of drug-likeness (QED) is 0.187. The summed E-state index contributed by atoms with van der Waals surface area (Å²) in [6.07, 6.45) is 2.54. The summed E-state index contributed by atoms with van der Waals surface area (Å²) in [7, 11) is 3.30. The molecule has 0 aliphatic heterocycles.